The number of halogens is 1. The fourth-order valence-electron chi connectivity index (χ4n) is 2.85. The van der Waals surface area contributed by atoms with Crippen molar-refractivity contribution in [2.24, 2.45) is 5.10 Å². The van der Waals surface area contributed by atoms with Crippen LogP contribution in [-0.2, 0) is 6.61 Å². The average Bonchev–Trinajstić information content (AvgIpc) is 3.30. The number of hydrogen-bond donors (Lipinski definition) is 2. The lowest BCUT2D eigenvalue weighted by Crippen LogP contribution is -2.17. The summed E-state index contributed by atoms with van der Waals surface area (Å²) in [4.78, 5) is 12.3. The van der Waals surface area contributed by atoms with E-state index in [1.54, 1.807) is 36.5 Å². The highest BCUT2D eigenvalue weighted by Gasteiger charge is 2.11. The molecule has 0 bridgehead atoms. The number of H-pyrrole nitrogens is 1. The SMILES string of the molecule is O=C(N/N=C/c1ccc(Cl)cc1)c1cc(-c2cccc(OCc3ccccc3)c2)n[nH]1. The van der Waals surface area contributed by atoms with Crippen molar-refractivity contribution >= 4 is 23.7 Å². The topological polar surface area (TPSA) is 79.4 Å². The molecule has 2 N–H and O–H groups in total. The van der Waals surface area contributed by atoms with Gasteiger partial charge in [0.05, 0.1) is 11.9 Å². The number of carbonyl (C=O) groups excluding carboxylic acids is 1. The molecule has 0 fully saturated rings. The van der Waals surface area contributed by atoms with E-state index in [1.807, 2.05) is 54.6 Å². The number of hydrogen-bond acceptors (Lipinski definition) is 4. The maximum absolute atomic E-state index is 12.3. The lowest BCUT2D eigenvalue weighted by atomic mass is 10.1. The molecule has 0 saturated carbocycles. The lowest BCUT2D eigenvalue weighted by Gasteiger charge is -2.07. The molecule has 0 unspecified atom stereocenters. The molecule has 0 aliphatic heterocycles. The number of benzene rings is 3. The lowest BCUT2D eigenvalue weighted by molar-refractivity contribution is 0.0950. The molecule has 154 valence electrons. The van der Waals surface area contributed by atoms with E-state index in [9.17, 15) is 4.79 Å². The Labute approximate surface area is 184 Å². The van der Waals surface area contributed by atoms with Crippen molar-refractivity contribution in [2.75, 3.05) is 0 Å². The highest BCUT2D eigenvalue weighted by Crippen LogP contribution is 2.23. The maximum Gasteiger partial charge on any atom is 0.289 e. The van der Waals surface area contributed by atoms with Crippen molar-refractivity contribution in [1.82, 2.24) is 15.6 Å². The van der Waals surface area contributed by atoms with Gasteiger partial charge in [-0.2, -0.15) is 10.2 Å². The Balaban J connectivity index is 1.38. The van der Waals surface area contributed by atoms with E-state index >= 15 is 0 Å². The van der Waals surface area contributed by atoms with E-state index in [1.165, 1.54) is 0 Å². The minimum atomic E-state index is -0.388. The van der Waals surface area contributed by atoms with Crippen molar-refractivity contribution in [3.8, 4) is 17.0 Å². The third-order valence-corrected chi connectivity index (χ3v) is 4.70. The number of hydrazone groups is 1. The first-order valence-electron chi connectivity index (χ1n) is 9.59. The average molecular weight is 431 g/mol. The molecule has 31 heavy (non-hydrogen) atoms. The quantitative estimate of drug-likeness (QED) is 0.317. The molecule has 4 rings (SSSR count). The molecule has 0 spiro atoms. The van der Waals surface area contributed by atoms with Crippen LogP contribution in [0.1, 0.15) is 21.6 Å². The van der Waals surface area contributed by atoms with Gasteiger partial charge in [0.25, 0.3) is 5.91 Å². The summed E-state index contributed by atoms with van der Waals surface area (Å²) in [6.45, 7) is 0.476. The summed E-state index contributed by atoms with van der Waals surface area (Å²) in [5.74, 6) is 0.336. The largest absolute Gasteiger partial charge is 0.489 e. The molecule has 0 radical (unpaired) electrons. The number of aromatic amines is 1. The van der Waals surface area contributed by atoms with Crippen LogP contribution in [-0.4, -0.2) is 22.3 Å². The molecular formula is C24H19ClN4O2. The van der Waals surface area contributed by atoms with Crippen molar-refractivity contribution in [2.45, 2.75) is 6.61 Å². The summed E-state index contributed by atoms with van der Waals surface area (Å²) in [6, 6.07) is 26.3. The fraction of sp³-hybridized carbons (Fsp3) is 0.0417. The Morgan fingerprint density at radius 2 is 1.84 bits per heavy atom. The number of nitrogens with zero attached hydrogens (tertiary/aromatic N) is 2. The number of rotatable bonds is 7. The van der Waals surface area contributed by atoms with Crippen LogP contribution in [0, 0.1) is 0 Å². The van der Waals surface area contributed by atoms with Gasteiger partial charge in [-0.15, -0.1) is 0 Å². The van der Waals surface area contributed by atoms with Crippen LogP contribution in [0.15, 0.2) is 90.0 Å². The van der Waals surface area contributed by atoms with Gasteiger partial charge in [0.15, 0.2) is 0 Å². The smallest absolute Gasteiger partial charge is 0.289 e. The monoisotopic (exact) mass is 430 g/mol. The molecule has 4 aromatic rings. The minimum Gasteiger partial charge on any atom is -0.489 e. The Morgan fingerprint density at radius 3 is 2.65 bits per heavy atom. The van der Waals surface area contributed by atoms with Crippen LogP contribution in [0.25, 0.3) is 11.3 Å². The van der Waals surface area contributed by atoms with E-state index in [0.717, 1.165) is 22.4 Å². The predicted molar refractivity (Wildman–Crippen MR) is 121 cm³/mol. The van der Waals surface area contributed by atoms with Crippen molar-refractivity contribution in [3.05, 3.63) is 107 Å². The first kappa shape index (κ1) is 20.4. The Hall–Kier alpha value is -3.90. The molecular weight excluding hydrogens is 412 g/mol. The number of nitrogens with one attached hydrogen (secondary N) is 2. The Morgan fingerprint density at radius 1 is 1.03 bits per heavy atom. The minimum absolute atomic E-state index is 0.305. The zero-order valence-corrected chi connectivity index (χ0v) is 17.2. The third-order valence-electron chi connectivity index (χ3n) is 4.45. The molecule has 0 saturated heterocycles. The maximum atomic E-state index is 12.3. The third kappa shape index (κ3) is 5.58. The highest BCUT2D eigenvalue weighted by molar-refractivity contribution is 6.30. The van der Waals surface area contributed by atoms with E-state index in [2.05, 4.69) is 20.7 Å². The summed E-state index contributed by atoms with van der Waals surface area (Å²) in [6.07, 6.45) is 1.54. The van der Waals surface area contributed by atoms with Crippen LogP contribution in [0.4, 0.5) is 0 Å². The molecule has 1 amide bonds. The van der Waals surface area contributed by atoms with Gasteiger partial charge in [-0.3, -0.25) is 9.89 Å². The van der Waals surface area contributed by atoms with Gasteiger partial charge < -0.3 is 4.74 Å². The molecule has 7 heteroatoms. The van der Waals surface area contributed by atoms with Gasteiger partial charge in [-0.25, -0.2) is 5.43 Å². The standard InChI is InChI=1S/C24H19ClN4O2/c25-20-11-9-17(10-12-20)15-26-29-24(30)23-14-22(27-28-23)19-7-4-8-21(13-19)31-16-18-5-2-1-3-6-18/h1-15H,16H2,(H,27,28)(H,29,30)/b26-15+. The van der Waals surface area contributed by atoms with Gasteiger partial charge in [0, 0.05) is 10.6 Å². The zero-order valence-electron chi connectivity index (χ0n) is 16.5. The van der Waals surface area contributed by atoms with E-state index in [0.29, 0.717) is 23.0 Å². The molecule has 0 atom stereocenters. The van der Waals surface area contributed by atoms with Crippen LogP contribution in [0.2, 0.25) is 5.02 Å². The van der Waals surface area contributed by atoms with Crippen molar-refractivity contribution in [3.63, 3.8) is 0 Å². The van der Waals surface area contributed by atoms with E-state index in [-0.39, 0.29) is 5.91 Å². The number of aromatic nitrogens is 2. The molecule has 1 aromatic heterocycles. The van der Waals surface area contributed by atoms with Crippen LogP contribution in [0.5, 0.6) is 5.75 Å². The fourth-order valence-corrected chi connectivity index (χ4v) is 2.97. The molecule has 6 nitrogen and oxygen atoms in total. The second-order valence-corrected chi connectivity index (χ2v) is 7.16. The van der Waals surface area contributed by atoms with Gasteiger partial charge in [-0.05, 0) is 41.5 Å². The molecule has 0 aliphatic rings. The second-order valence-electron chi connectivity index (χ2n) is 6.72. The van der Waals surface area contributed by atoms with Crippen LogP contribution < -0.4 is 10.2 Å². The van der Waals surface area contributed by atoms with E-state index in [4.69, 9.17) is 16.3 Å². The summed E-state index contributed by atoms with van der Waals surface area (Å²) < 4.78 is 5.87. The first-order valence-corrected chi connectivity index (χ1v) is 9.97. The number of carbonyl (C=O) groups is 1. The molecule has 1 heterocycles. The predicted octanol–water partition coefficient (Wildman–Crippen LogP) is 5.07. The van der Waals surface area contributed by atoms with Gasteiger partial charge in [-0.1, -0.05) is 66.2 Å². The molecule has 0 aliphatic carbocycles. The van der Waals surface area contributed by atoms with Crippen LogP contribution >= 0.6 is 11.6 Å². The first-order chi connectivity index (χ1) is 15.2. The van der Waals surface area contributed by atoms with Gasteiger partial charge in [0.2, 0.25) is 0 Å². The van der Waals surface area contributed by atoms with Crippen LogP contribution in [0.3, 0.4) is 0 Å². The second kappa shape index (κ2) is 9.73. The summed E-state index contributed by atoms with van der Waals surface area (Å²) in [5.41, 5.74) is 6.17. The normalized spacial score (nSPS) is 10.9. The highest BCUT2D eigenvalue weighted by atomic mass is 35.5. The summed E-state index contributed by atoms with van der Waals surface area (Å²) >= 11 is 5.85. The molecule has 3 aromatic carbocycles. The van der Waals surface area contributed by atoms with Gasteiger partial charge >= 0.3 is 0 Å². The van der Waals surface area contributed by atoms with Crippen molar-refractivity contribution in [1.29, 1.82) is 0 Å². The summed E-state index contributed by atoms with van der Waals surface area (Å²) in [5, 5.41) is 11.6. The van der Waals surface area contributed by atoms with E-state index < -0.39 is 0 Å². The summed E-state index contributed by atoms with van der Waals surface area (Å²) in [7, 11) is 0. The van der Waals surface area contributed by atoms with Crippen molar-refractivity contribution < 1.29 is 9.53 Å². The zero-order chi connectivity index (χ0) is 21.5. The number of amides is 1. The Kier molecular flexibility index (Phi) is 6.40. The Bertz CT molecular complexity index is 1190. The van der Waals surface area contributed by atoms with Gasteiger partial charge in [0.1, 0.15) is 18.1 Å². The number of ether oxygens (including phenoxy) is 1.